The number of likely N-dealkylation sites (tertiary alicyclic amines) is 1. The van der Waals surface area contributed by atoms with Crippen LogP contribution in [-0.2, 0) is 0 Å². The van der Waals surface area contributed by atoms with Gasteiger partial charge in [-0.25, -0.2) is 0 Å². The molecule has 1 aliphatic heterocycles. The molecule has 5 rings (SSSR count). The molecule has 3 heterocycles. The number of benzene rings is 1. The number of hydrogen-bond donors (Lipinski definition) is 1. The highest BCUT2D eigenvalue weighted by Gasteiger charge is 2.32. The molecule has 1 aromatic carbocycles. The minimum Gasteiger partial charge on any atom is -0.484 e. The molecule has 1 aliphatic carbocycles. The van der Waals surface area contributed by atoms with Gasteiger partial charge in [0.05, 0.1) is 12.2 Å². The zero-order chi connectivity index (χ0) is 19.3. The van der Waals surface area contributed by atoms with E-state index in [-0.39, 0.29) is 12.1 Å². The average molecular weight is 377 g/mol. The van der Waals surface area contributed by atoms with E-state index in [2.05, 4.69) is 57.7 Å². The first-order valence-corrected chi connectivity index (χ1v) is 10.2. The van der Waals surface area contributed by atoms with Crippen LogP contribution >= 0.6 is 0 Å². The fraction of sp³-hybridized carbons (Fsp3) is 0.455. The third-order valence-corrected chi connectivity index (χ3v) is 6.50. The summed E-state index contributed by atoms with van der Waals surface area (Å²) < 4.78 is 8.52. The monoisotopic (exact) mass is 377 g/mol. The molecule has 2 aromatic heterocycles. The standard InChI is InChI=1S/C22H27N5O/c1-14-7-10-19(26(14)2)22-25-24-21-12-8-15(13-27(21)22)28-20-11-9-18(23)16-5-3-4-6-17(16)20/h3-6,8,12-14,18-20H,7,9-11,23H2,1-2H3/t14-,18-,19-,20+/m0/s1. The number of nitrogens with zero attached hydrogens (tertiary/aromatic N) is 4. The summed E-state index contributed by atoms with van der Waals surface area (Å²) in [5.41, 5.74) is 9.56. The molecule has 0 bridgehead atoms. The van der Waals surface area contributed by atoms with Gasteiger partial charge >= 0.3 is 0 Å². The second kappa shape index (κ2) is 6.87. The first-order chi connectivity index (χ1) is 13.6. The zero-order valence-corrected chi connectivity index (χ0v) is 16.5. The topological polar surface area (TPSA) is 68.7 Å². The predicted octanol–water partition coefficient (Wildman–Crippen LogP) is 3.80. The van der Waals surface area contributed by atoms with Crippen molar-refractivity contribution >= 4 is 5.65 Å². The maximum absolute atomic E-state index is 6.43. The van der Waals surface area contributed by atoms with Crippen molar-refractivity contribution in [3.63, 3.8) is 0 Å². The van der Waals surface area contributed by atoms with Crippen molar-refractivity contribution in [2.75, 3.05) is 7.05 Å². The highest BCUT2D eigenvalue weighted by atomic mass is 16.5. The van der Waals surface area contributed by atoms with Gasteiger partial charge in [0.2, 0.25) is 0 Å². The van der Waals surface area contributed by atoms with Gasteiger partial charge in [0.1, 0.15) is 11.9 Å². The molecule has 0 unspecified atom stereocenters. The first-order valence-electron chi connectivity index (χ1n) is 10.2. The Morgan fingerprint density at radius 1 is 1.00 bits per heavy atom. The molecule has 0 amide bonds. The van der Waals surface area contributed by atoms with Gasteiger partial charge in [-0.1, -0.05) is 24.3 Å². The molecule has 6 heteroatoms. The van der Waals surface area contributed by atoms with Crippen LogP contribution in [0.3, 0.4) is 0 Å². The normalized spacial score (nSPS) is 27.8. The lowest BCUT2D eigenvalue weighted by atomic mass is 9.86. The highest BCUT2D eigenvalue weighted by Crippen LogP contribution is 2.38. The van der Waals surface area contributed by atoms with Crippen molar-refractivity contribution in [3.05, 3.63) is 59.5 Å². The number of ether oxygens (including phenoxy) is 1. The van der Waals surface area contributed by atoms with Gasteiger partial charge in [0, 0.05) is 12.1 Å². The third kappa shape index (κ3) is 2.88. The van der Waals surface area contributed by atoms with Crippen LogP contribution in [-0.4, -0.2) is 32.6 Å². The van der Waals surface area contributed by atoms with Crippen LogP contribution in [0.15, 0.2) is 42.6 Å². The molecule has 2 N–H and O–H groups in total. The fourth-order valence-electron chi connectivity index (χ4n) is 4.68. The summed E-state index contributed by atoms with van der Waals surface area (Å²) in [5, 5.41) is 8.87. The van der Waals surface area contributed by atoms with Crippen molar-refractivity contribution < 1.29 is 4.74 Å². The minimum absolute atomic E-state index is 0.0301. The maximum atomic E-state index is 6.43. The Kier molecular flexibility index (Phi) is 4.33. The molecule has 146 valence electrons. The minimum atomic E-state index is 0.0301. The van der Waals surface area contributed by atoms with E-state index in [1.807, 2.05) is 18.3 Å². The largest absolute Gasteiger partial charge is 0.484 e. The number of aromatic nitrogens is 3. The number of rotatable bonds is 3. The maximum Gasteiger partial charge on any atom is 0.161 e. The Balaban J connectivity index is 1.46. The Bertz CT molecular complexity index is 1000. The van der Waals surface area contributed by atoms with Crippen LogP contribution in [0.4, 0.5) is 0 Å². The molecule has 2 aliphatic rings. The summed E-state index contributed by atoms with van der Waals surface area (Å²) in [6.07, 6.45) is 6.23. The number of hydrogen-bond acceptors (Lipinski definition) is 5. The number of pyridine rings is 1. The van der Waals surface area contributed by atoms with Crippen LogP contribution in [0.25, 0.3) is 5.65 Å². The van der Waals surface area contributed by atoms with Gasteiger partial charge in [0.15, 0.2) is 11.5 Å². The molecule has 1 fully saturated rings. The van der Waals surface area contributed by atoms with Crippen molar-refractivity contribution in [1.82, 2.24) is 19.5 Å². The van der Waals surface area contributed by atoms with Crippen molar-refractivity contribution in [2.24, 2.45) is 5.73 Å². The summed E-state index contributed by atoms with van der Waals surface area (Å²) in [5.74, 6) is 1.84. The smallest absolute Gasteiger partial charge is 0.161 e. The van der Waals surface area contributed by atoms with Crippen molar-refractivity contribution in [3.8, 4) is 5.75 Å². The fourth-order valence-corrected chi connectivity index (χ4v) is 4.68. The van der Waals surface area contributed by atoms with Gasteiger partial charge in [-0.15, -0.1) is 10.2 Å². The molecule has 6 nitrogen and oxygen atoms in total. The van der Waals surface area contributed by atoms with Gasteiger partial charge in [-0.2, -0.15) is 0 Å². The van der Waals surface area contributed by atoms with Crippen LogP contribution in [0.2, 0.25) is 0 Å². The SMILES string of the molecule is C[C@H]1CC[C@@H](c2nnc3ccc(O[C@@H]4CC[C@H](N)c5ccccc54)cn23)N1C. The average Bonchev–Trinajstić information content (AvgIpc) is 3.27. The second-order valence-electron chi connectivity index (χ2n) is 8.18. The molecular formula is C22H27N5O. The van der Waals surface area contributed by atoms with E-state index in [0.29, 0.717) is 12.1 Å². The van der Waals surface area contributed by atoms with Gasteiger partial charge in [-0.3, -0.25) is 9.30 Å². The Morgan fingerprint density at radius 2 is 1.82 bits per heavy atom. The van der Waals surface area contributed by atoms with E-state index >= 15 is 0 Å². The molecule has 1 saturated heterocycles. The van der Waals surface area contributed by atoms with E-state index in [0.717, 1.165) is 36.5 Å². The van der Waals surface area contributed by atoms with Gasteiger partial charge in [0.25, 0.3) is 0 Å². The van der Waals surface area contributed by atoms with Crippen LogP contribution in [0, 0.1) is 0 Å². The van der Waals surface area contributed by atoms with Crippen LogP contribution in [0.1, 0.15) is 67.7 Å². The Morgan fingerprint density at radius 3 is 2.61 bits per heavy atom. The second-order valence-corrected chi connectivity index (χ2v) is 8.18. The number of fused-ring (bicyclic) bond motifs is 2. The molecule has 28 heavy (non-hydrogen) atoms. The quantitative estimate of drug-likeness (QED) is 0.752. The van der Waals surface area contributed by atoms with Gasteiger partial charge < -0.3 is 10.5 Å². The molecule has 0 saturated carbocycles. The van der Waals surface area contributed by atoms with Crippen molar-refractivity contribution in [1.29, 1.82) is 0 Å². The lowest BCUT2D eigenvalue weighted by Gasteiger charge is -2.30. The van der Waals surface area contributed by atoms with E-state index in [4.69, 9.17) is 10.5 Å². The van der Waals surface area contributed by atoms with Crippen LogP contribution in [0.5, 0.6) is 5.75 Å². The molecular weight excluding hydrogens is 350 g/mol. The van der Waals surface area contributed by atoms with E-state index in [1.54, 1.807) is 0 Å². The first kappa shape index (κ1) is 17.6. The van der Waals surface area contributed by atoms with E-state index < -0.39 is 0 Å². The third-order valence-electron chi connectivity index (χ3n) is 6.50. The summed E-state index contributed by atoms with van der Waals surface area (Å²) in [4.78, 5) is 2.39. The van der Waals surface area contributed by atoms with Gasteiger partial charge in [-0.05, 0) is 62.9 Å². The zero-order valence-electron chi connectivity index (χ0n) is 16.5. The predicted molar refractivity (Wildman–Crippen MR) is 108 cm³/mol. The van der Waals surface area contributed by atoms with E-state index in [1.165, 1.54) is 17.5 Å². The van der Waals surface area contributed by atoms with E-state index in [9.17, 15) is 0 Å². The summed E-state index contributed by atoms with van der Waals surface area (Å²) >= 11 is 0. The molecule has 0 spiro atoms. The number of nitrogens with two attached hydrogens (primary N) is 1. The molecule has 0 radical (unpaired) electrons. The molecule has 3 aromatic rings. The summed E-state index contributed by atoms with van der Waals surface area (Å²) in [6.45, 7) is 2.27. The lowest BCUT2D eigenvalue weighted by molar-refractivity contribution is 0.176. The molecule has 4 atom stereocenters. The highest BCUT2D eigenvalue weighted by molar-refractivity contribution is 5.42. The van der Waals surface area contributed by atoms with Crippen molar-refractivity contribution in [2.45, 2.75) is 56.8 Å². The lowest BCUT2D eigenvalue weighted by Crippen LogP contribution is -2.26. The van der Waals surface area contributed by atoms with Crippen LogP contribution < -0.4 is 10.5 Å². The Labute approximate surface area is 165 Å². The Hall–Kier alpha value is -2.44. The summed E-state index contributed by atoms with van der Waals surface area (Å²) in [7, 11) is 2.17. The summed E-state index contributed by atoms with van der Waals surface area (Å²) in [6, 6.07) is 13.3.